The van der Waals surface area contributed by atoms with Gasteiger partial charge >= 0.3 is 5.97 Å². The second-order valence-electron chi connectivity index (χ2n) is 17.9. The Labute approximate surface area is 367 Å². The highest BCUT2D eigenvalue weighted by molar-refractivity contribution is 5.76. The van der Waals surface area contributed by atoms with Crippen LogP contribution in [0.2, 0.25) is 0 Å². The Bertz CT molecular complexity index is 920. The van der Waals surface area contributed by atoms with Crippen molar-refractivity contribution in [3.63, 3.8) is 0 Å². The maximum atomic E-state index is 12.4. The molecule has 0 bridgehead atoms. The zero-order valence-electron chi connectivity index (χ0n) is 39.5. The maximum Gasteiger partial charge on any atom is 0.305 e. The molecule has 2 unspecified atom stereocenters. The van der Waals surface area contributed by atoms with Crippen LogP contribution in [0, 0.1) is 0 Å². The average Bonchev–Trinajstić information content (AvgIpc) is 3.24. The molecule has 0 aromatic rings. The van der Waals surface area contributed by atoms with E-state index in [4.69, 9.17) is 4.74 Å². The van der Waals surface area contributed by atoms with Crippen molar-refractivity contribution in [2.75, 3.05) is 13.2 Å². The zero-order valence-corrected chi connectivity index (χ0v) is 39.5. The van der Waals surface area contributed by atoms with Gasteiger partial charge in [0, 0.05) is 12.8 Å². The number of carbonyl (C=O) groups excluding carboxylic acids is 2. The number of amides is 1. The van der Waals surface area contributed by atoms with Crippen LogP contribution in [-0.4, -0.2) is 47.4 Å². The minimum absolute atomic E-state index is 0.0147. The molecule has 0 saturated heterocycles. The third kappa shape index (κ3) is 45.7. The number of esters is 1. The van der Waals surface area contributed by atoms with Crippen molar-refractivity contribution in [2.24, 2.45) is 0 Å². The first-order chi connectivity index (χ1) is 29.0. The van der Waals surface area contributed by atoms with Gasteiger partial charge in [0.05, 0.1) is 25.4 Å². The van der Waals surface area contributed by atoms with Gasteiger partial charge in [-0.25, -0.2) is 0 Å². The van der Waals surface area contributed by atoms with Crippen LogP contribution in [0.25, 0.3) is 0 Å². The lowest BCUT2D eigenvalue weighted by molar-refractivity contribution is -0.143. The van der Waals surface area contributed by atoms with Crippen LogP contribution in [0.1, 0.15) is 277 Å². The summed E-state index contributed by atoms with van der Waals surface area (Å²) < 4.78 is 5.45. The van der Waals surface area contributed by atoms with Crippen LogP contribution in [0.15, 0.2) is 24.3 Å². The van der Waals surface area contributed by atoms with E-state index in [1.807, 2.05) is 0 Å². The highest BCUT2D eigenvalue weighted by Gasteiger charge is 2.20. The van der Waals surface area contributed by atoms with Gasteiger partial charge in [0.2, 0.25) is 5.91 Å². The molecule has 2 atom stereocenters. The third-order valence-electron chi connectivity index (χ3n) is 12.0. The molecule has 348 valence electrons. The highest BCUT2D eigenvalue weighted by Crippen LogP contribution is 2.17. The molecule has 0 aliphatic rings. The summed E-state index contributed by atoms with van der Waals surface area (Å²) in [6.07, 6.45) is 57.1. The van der Waals surface area contributed by atoms with Gasteiger partial charge in [-0.2, -0.15) is 0 Å². The van der Waals surface area contributed by atoms with Crippen molar-refractivity contribution in [3.05, 3.63) is 24.3 Å². The number of hydrogen-bond acceptors (Lipinski definition) is 5. The molecule has 0 aliphatic carbocycles. The Balaban J connectivity index is 3.44. The molecule has 0 spiro atoms. The molecule has 3 N–H and O–H groups in total. The van der Waals surface area contributed by atoms with Crippen molar-refractivity contribution >= 4 is 11.9 Å². The topological polar surface area (TPSA) is 95.9 Å². The van der Waals surface area contributed by atoms with Crippen molar-refractivity contribution in [1.29, 1.82) is 0 Å². The van der Waals surface area contributed by atoms with Crippen LogP contribution < -0.4 is 5.32 Å². The summed E-state index contributed by atoms with van der Waals surface area (Å²) in [5.74, 6) is -0.0585. The van der Waals surface area contributed by atoms with E-state index in [1.165, 1.54) is 186 Å². The molecule has 6 heteroatoms. The molecule has 59 heavy (non-hydrogen) atoms. The first-order valence-corrected chi connectivity index (χ1v) is 26.1. The van der Waals surface area contributed by atoms with Crippen LogP contribution in [0.3, 0.4) is 0 Å². The van der Waals surface area contributed by atoms with E-state index >= 15 is 0 Å². The van der Waals surface area contributed by atoms with Crippen LogP contribution >= 0.6 is 0 Å². The second kappa shape index (κ2) is 49.0. The van der Waals surface area contributed by atoms with Gasteiger partial charge in [-0.3, -0.25) is 9.59 Å². The van der Waals surface area contributed by atoms with Gasteiger partial charge in [-0.15, -0.1) is 0 Å². The molecular formula is C53H101NO5. The Kier molecular flexibility index (Phi) is 47.6. The number of aliphatic hydroxyl groups is 2. The summed E-state index contributed by atoms with van der Waals surface area (Å²) in [5.41, 5.74) is 0. The Morgan fingerprint density at radius 3 is 1.36 bits per heavy atom. The Morgan fingerprint density at radius 1 is 0.475 bits per heavy atom. The third-order valence-corrected chi connectivity index (χ3v) is 12.0. The number of allylic oxidation sites excluding steroid dienone is 4. The summed E-state index contributed by atoms with van der Waals surface area (Å²) in [7, 11) is 0. The van der Waals surface area contributed by atoms with Crippen molar-refractivity contribution in [3.8, 4) is 0 Å². The van der Waals surface area contributed by atoms with Crippen molar-refractivity contribution in [1.82, 2.24) is 5.32 Å². The summed E-state index contributed by atoms with van der Waals surface area (Å²) >= 11 is 0. The average molecular weight is 832 g/mol. The normalized spacial score (nSPS) is 12.8. The number of aliphatic hydroxyl groups excluding tert-OH is 2. The van der Waals surface area contributed by atoms with E-state index in [2.05, 4.69) is 43.5 Å². The summed E-state index contributed by atoms with van der Waals surface area (Å²) in [6.45, 7) is 4.86. The lowest BCUT2D eigenvalue weighted by Crippen LogP contribution is -2.45. The minimum atomic E-state index is -0.669. The largest absolute Gasteiger partial charge is 0.466 e. The van der Waals surface area contributed by atoms with E-state index in [-0.39, 0.29) is 18.5 Å². The number of nitrogens with one attached hydrogen (secondary N) is 1. The first kappa shape index (κ1) is 57.3. The smallest absolute Gasteiger partial charge is 0.305 e. The van der Waals surface area contributed by atoms with Crippen molar-refractivity contribution in [2.45, 2.75) is 289 Å². The molecule has 0 heterocycles. The van der Waals surface area contributed by atoms with Crippen LogP contribution in [-0.2, 0) is 14.3 Å². The van der Waals surface area contributed by atoms with Gasteiger partial charge in [-0.1, -0.05) is 237 Å². The van der Waals surface area contributed by atoms with E-state index in [0.717, 1.165) is 57.8 Å². The molecule has 6 nitrogen and oxygen atoms in total. The SMILES string of the molecule is CCC/C=C\C/C=C\CCCCCCCC(=O)OCCCCCCCCCCCCCCCCCC(=O)NC(CO)C(O)CCCCCCCCCCCCCCCC. The number of carbonyl (C=O) groups is 2. The van der Waals surface area contributed by atoms with Gasteiger partial charge in [0.25, 0.3) is 0 Å². The van der Waals surface area contributed by atoms with Gasteiger partial charge in [0.1, 0.15) is 0 Å². The van der Waals surface area contributed by atoms with Gasteiger partial charge in [0.15, 0.2) is 0 Å². The Morgan fingerprint density at radius 2 is 0.881 bits per heavy atom. The quantitative estimate of drug-likeness (QED) is 0.0322. The molecule has 0 aromatic heterocycles. The van der Waals surface area contributed by atoms with E-state index in [1.54, 1.807) is 0 Å². The molecular weight excluding hydrogens is 731 g/mol. The zero-order chi connectivity index (χ0) is 43.0. The van der Waals surface area contributed by atoms with E-state index in [9.17, 15) is 19.8 Å². The second-order valence-corrected chi connectivity index (χ2v) is 17.9. The molecule has 0 radical (unpaired) electrons. The van der Waals surface area contributed by atoms with Crippen molar-refractivity contribution < 1.29 is 24.5 Å². The lowest BCUT2D eigenvalue weighted by atomic mass is 10.0. The molecule has 0 rings (SSSR count). The van der Waals surface area contributed by atoms with Crippen LogP contribution in [0.5, 0.6) is 0 Å². The number of ether oxygens (including phenoxy) is 1. The predicted molar refractivity (Wildman–Crippen MR) is 255 cm³/mol. The Hall–Kier alpha value is -1.66. The summed E-state index contributed by atoms with van der Waals surface area (Å²) in [5, 5.41) is 23.2. The fourth-order valence-corrected chi connectivity index (χ4v) is 7.97. The fraction of sp³-hybridized carbons (Fsp3) is 0.887. The molecule has 0 saturated carbocycles. The lowest BCUT2D eigenvalue weighted by Gasteiger charge is -2.22. The monoisotopic (exact) mass is 832 g/mol. The molecule has 0 aromatic carbocycles. The highest BCUT2D eigenvalue weighted by atomic mass is 16.5. The molecule has 0 fully saturated rings. The number of rotatable bonds is 48. The van der Waals surface area contributed by atoms with E-state index in [0.29, 0.717) is 25.9 Å². The summed E-state index contributed by atoms with van der Waals surface area (Å²) in [4.78, 5) is 24.4. The van der Waals surface area contributed by atoms with Gasteiger partial charge < -0.3 is 20.3 Å². The minimum Gasteiger partial charge on any atom is -0.466 e. The summed E-state index contributed by atoms with van der Waals surface area (Å²) in [6, 6.07) is -0.547. The maximum absolute atomic E-state index is 12.4. The number of hydrogen-bond donors (Lipinski definition) is 3. The van der Waals surface area contributed by atoms with Gasteiger partial charge in [-0.05, 0) is 51.4 Å². The first-order valence-electron chi connectivity index (χ1n) is 26.1. The fourth-order valence-electron chi connectivity index (χ4n) is 7.97. The predicted octanol–water partition coefficient (Wildman–Crippen LogP) is 15.5. The standard InChI is InChI=1S/C53H101NO5/c1-3-5-7-9-11-13-15-17-22-25-29-33-37-41-45-51(56)50(49-55)54-52(57)46-42-38-34-30-26-23-19-18-20-24-28-32-36-40-44-48-59-53(58)47-43-39-35-31-27-21-16-14-12-10-8-6-4-2/h8,10,14,16,50-51,55-56H,3-7,9,11-13,15,17-49H2,1-2H3,(H,54,57)/b10-8-,16-14-. The van der Waals surface area contributed by atoms with Crippen LogP contribution in [0.4, 0.5) is 0 Å². The molecule has 0 aliphatic heterocycles. The number of unbranched alkanes of at least 4 members (excludes halogenated alkanes) is 33. The van der Waals surface area contributed by atoms with E-state index < -0.39 is 12.1 Å². The molecule has 1 amide bonds.